The molecular weight excluding hydrogens is 174 g/mol. The minimum absolute atomic E-state index is 0.327. The molecule has 0 bridgehead atoms. The Labute approximate surface area is 87.2 Å². The molecule has 0 amide bonds. The largest absolute Gasteiger partial charge is 0.388 e. The second-order valence-electron chi connectivity index (χ2n) is 4.37. The first kappa shape index (κ1) is 11.5. The summed E-state index contributed by atoms with van der Waals surface area (Å²) in [4.78, 5) is 2.53. The van der Waals surface area contributed by atoms with Crippen molar-refractivity contribution in [2.45, 2.75) is 39.0 Å². The molecule has 14 heavy (non-hydrogen) atoms. The Morgan fingerprint density at radius 3 is 2.64 bits per heavy atom. The number of nitrogens with zero attached hydrogens (tertiary/aromatic N) is 1. The highest BCUT2D eigenvalue weighted by Crippen LogP contribution is 2.29. The number of hydrogen-bond donors (Lipinski definition) is 2. The van der Waals surface area contributed by atoms with Gasteiger partial charge in [0.1, 0.15) is 0 Å². The van der Waals surface area contributed by atoms with Gasteiger partial charge in [0.25, 0.3) is 0 Å². The predicted octanol–water partition coefficient (Wildman–Crippen LogP) is 1.82. The van der Waals surface area contributed by atoms with Gasteiger partial charge in [-0.05, 0) is 44.7 Å². The molecule has 3 nitrogen and oxygen atoms in total. The summed E-state index contributed by atoms with van der Waals surface area (Å²) in [7, 11) is 0. The Kier molecular flexibility index (Phi) is 4.94. The van der Waals surface area contributed by atoms with Crippen molar-refractivity contribution in [3.63, 3.8) is 0 Å². The highest BCUT2D eigenvalue weighted by molar-refractivity contribution is 5.76. The topological polar surface area (TPSA) is 53.1 Å². The van der Waals surface area contributed by atoms with E-state index < -0.39 is 0 Å². The van der Waals surface area contributed by atoms with Crippen molar-refractivity contribution in [2.75, 3.05) is 19.6 Å². The predicted molar refractivity (Wildman–Crippen MR) is 60.6 cm³/mol. The summed E-state index contributed by atoms with van der Waals surface area (Å²) in [5.41, 5.74) is 5.33. The van der Waals surface area contributed by atoms with Crippen LogP contribution in [0.15, 0.2) is 0 Å². The third kappa shape index (κ3) is 5.22. The Morgan fingerprint density at radius 2 is 2.14 bits per heavy atom. The van der Waals surface area contributed by atoms with Crippen molar-refractivity contribution in [3.05, 3.63) is 0 Å². The summed E-state index contributed by atoms with van der Waals surface area (Å²) in [5.74, 6) is 1.30. The first-order valence-electron chi connectivity index (χ1n) is 5.77. The van der Waals surface area contributed by atoms with E-state index in [9.17, 15) is 0 Å². The summed E-state index contributed by atoms with van der Waals surface area (Å²) in [6, 6.07) is 0. The van der Waals surface area contributed by atoms with Crippen LogP contribution in [0.5, 0.6) is 0 Å². The van der Waals surface area contributed by atoms with Crippen molar-refractivity contribution in [1.29, 1.82) is 5.41 Å². The SMILES string of the molecule is CCCN(CCCC(=N)N)CC1CC1. The van der Waals surface area contributed by atoms with Gasteiger partial charge in [0, 0.05) is 13.0 Å². The van der Waals surface area contributed by atoms with E-state index in [0.717, 1.165) is 25.3 Å². The van der Waals surface area contributed by atoms with Gasteiger partial charge in [0.2, 0.25) is 0 Å². The van der Waals surface area contributed by atoms with Gasteiger partial charge in [0.15, 0.2) is 0 Å². The highest BCUT2D eigenvalue weighted by Gasteiger charge is 2.23. The van der Waals surface area contributed by atoms with E-state index in [4.69, 9.17) is 11.1 Å². The second-order valence-corrected chi connectivity index (χ2v) is 4.37. The maximum atomic E-state index is 7.15. The molecule has 82 valence electrons. The summed E-state index contributed by atoms with van der Waals surface area (Å²) in [5, 5.41) is 7.15. The molecule has 0 aliphatic heterocycles. The smallest absolute Gasteiger partial charge is 0.0905 e. The van der Waals surface area contributed by atoms with Crippen LogP contribution in [0, 0.1) is 11.3 Å². The monoisotopic (exact) mass is 197 g/mol. The van der Waals surface area contributed by atoms with Crippen molar-refractivity contribution in [2.24, 2.45) is 11.7 Å². The number of rotatable bonds is 8. The van der Waals surface area contributed by atoms with E-state index in [0.29, 0.717) is 5.84 Å². The molecule has 0 heterocycles. The van der Waals surface area contributed by atoms with Crippen LogP contribution >= 0.6 is 0 Å². The van der Waals surface area contributed by atoms with Crippen LogP contribution in [0.25, 0.3) is 0 Å². The van der Waals surface area contributed by atoms with Gasteiger partial charge < -0.3 is 10.6 Å². The van der Waals surface area contributed by atoms with E-state index in [2.05, 4.69) is 11.8 Å². The van der Waals surface area contributed by atoms with Crippen molar-refractivity contribution >= 4 is 5.84 Å². The average Bonchev–Trinajstić information content (AvgIpc) is 2.88. The normalized spacial score (nSPS) is 16.1. The van der Waals surface area contributed by atoms with Gasteiger partial charge in [0.05, 0.1) is 5.84 Å². The lowest BCUT2D eigenvalue weighted by atomic mass is 10.2. The zero-order chi connectivity index (χ0) is 10.4. The Hall–Kier alpha value is -0.570. The van der Waals surface area contributed by atoms with Gasteiger partial charge >= 0.3 is 0 Å². The minimum atomic E-state index is 0.327. The third-order valence-corrected chi connectivity index (χ3v) is 2.67. The molecule has 0 aromatic carbocycles. The number of nitrogens with two attached hydrogens (primary N) is 1. The molecule has 1 fully saturated rings. The third-order valence-electron chi connectivity index (χ3n) is 2.67. The van der Waals surface area contributed by atoms with Crippen LogP contribution in [-0.2, 0) is 0 Å². The molecule has 0 atom stereocenters. The number of nitrogens with one attached hydrogen (secondary N) is 1. The lowest BCUT2D eigenvalue weighted by Gasteiger charge is -2.21. The fourth-order valence-corrected chi connectivity index (χ4v) is 1.77. The van der Waals surface area contributed by atoms with E-state index in [-0.39, 0.29) is 0 Å². The lowest BCUT2D eigenvalue weighted by molar-refractivity contribution is 0.261. The summed E-state index contributed by atoms with van der Waals surface area (Å²) in [6.07, 6.45) is 5.87. The molecule has 0 aromatic heterocycles. The molecule has 1 aliphatic rings. The van der Waals surface area contributed by atoms with Gasteiger partial charge in [-0.25, -0.2) is 0 Å². The quantitative estimate of drug-likeness (QED) is 0.460. The van der Waals surface area contributed by atoms with Gasteiger partial charge in [-0.3, -0.25) is 5.41 Å². The molecule has 0 unspecified atom stereocenters. The average molecular weight is 197 g/mol. The van der Waals surface area contributed by atoms with Crippen LogP contribution in [0.3, 0.4) is 0 Å². The standard InChI is InChI=1S/C11H23N3/c1-2-7-14(9-10-5-6-10)8-3-4-11(12)13/h10H,2-9H2,1H3,(H3,12,13). The minimum Gasteiger partial charge on any atom is -0.388 e. The molecule has 0 radical (unpaired) electrons. The molecular formula is C11H23N3. The van der Waals surface area contributed by atoms with Crippen molar-refractivity contribution < 1.29 is 0 Å². The van der Waals surface area contributed by atoms with E-state index >= 15 is 0 Å². The molecule has 1 aliphatic carbocycles. The highest BCUT2D eigenvalue weighted by atomic mass is 15.1. The molecule has 0 spiro atoms. The Morgan fingerprint density at radius 1 is 1.43 bits per heavy atom. The maximum Gasteiger partial charge on any atom is 0.0905 e. The van der Waals surface area contributed by atoms with Gasteiger partial charge in [-0.1, -0.05) is 6.92 Å². The molecule has 0 saturated heterocycles. The van der Waals surface area contributed by atoms with E-state index in [1.54, 1.807) is 0 Å². The Balaban J connectivity index is 2.09. The zero-order valence-corrected chi connectivity index (χ0v) is 9.26. The first-order valence-corrected chi connectivity index (χ1v) is 5.77. The van der Waals surface area contributed by atoms with E-state index in [1.807, 2.05) is 0 Å². The van der Waals surface area contributed by atoms with Crippen LogP contribution in [0.4, 0.5) is 0 Å². The van der Waals surface area contributed by atoms with Crippen molar-refractivity contribution in [1.82, 2.24) is 4.90 Å². The summed E-state index contributed by atoms with van der Waals surface area (Å²) < 4.78 is 0. The molecule has 0 aromatic rings. The van der Waals surface area contributed by atoms with Gasteiger partial charge in [-0.2, -0.15) is 0 Å². The van der Waals surface area contributed by atoms with Crippen LogP contribution in [0.2, 0.25) is 0 Å². The van der Waals surface area contributed by atoms with Crippen LogP contribution in [-0.4, -0.2) is 30.4 Å². The van der Waals surface area contributed by atoms with Crippen LogP contribution in [0.1, 0.15) is 39.0 Å². The van der Waals surface area contributed by atoms with Crippen LogP contribution < -0.4 is 5.73 Å². The van der Waals surface area contributed by atoms with Gasteiger partial charge in [-0.15, -0.1) is 0 Å². The molecule has 1 rings (SSSR count). The summed E-state index contributed by atoms with van der Waals surface area (Å²) in [6.45, 7) is 5.81. The summed E-state index contributed by atoms with van der Waals surface area (Å²) >= 11 is 0. The molecule has 1 saturated carbocycles. The molecule has 3 N–H and O–H groups in total. The molecule has 3 heteroatoms. The first-order chi connectivity index (χ1) is 6.72. The second kappa shape index (κ2) is 6.02. The zero-order valence-electron chi connectivity index (χ0n) is 9.26. The van der Waals surface area contributed by atoms with Crippen molar-refractivity contribution in [3.8, 4) is 0 Å². The maximum absolute atomic E-state index is 7.15. The fraction of sp³-hybridized carbons (Fsp3) is 0.909. The number of hydrogen-bond acceptors (Lipinski definition) is 2. The fourth-order valence-electron chi connectivity index (χ4n) is 1.77. The number of amidine groups is 1. The lowest BCUT2D eigenvalue weighted by Crippen LogP contribution is -2.28. The van der Waals surface area contributed by atoms with E-state index in [1.165, 1.54) is 32.4 Å². The Bertz CT molecular complexity index is 175.